The largest absolute Gasteiger partial charge is 0.489 e. The summed E-state index contributed by atoms with van der Waals surface area (Å²) in [7, 11) is 0. The van der Waals surface area contributed by atoms with E-state index in [9.17, 15) is 0 Å². The number of hydrogen-bond acceptors (Lipinski definition) is 2. The monoisotopic (exact) mass is 242 g/mol. The number of aryl methyl sites for hydroxylation is 1. The van der Waals surface area contributed by atoms with Crippen molar-refractivity contribution in [2.24, 2.45) is 0 Å². The molecule has 0 unspecified atom stereocenters. The summed E-state index contributed by atoms with van der Waals surface area (Å²) in [4.78, 5) is 0. The number of ether oxygens (including phenoxy) is 1. The predicted octanol–water partition coefficient (Wildman–Crippen LogP) is 3.13. The Morgan fingerprint density at radius 3 is 2.94 bits per heavy atom. The van der Waals surface area contributed by atoms with Crippen LogP contribution in [0.1, 0.15) is 23.7 Å². The van der Waals surface area contributed by atoms with Crippen molar-refractivity contribution in [1.82, 2.24) is 10.2 Å². The van der Waals surface area contributed by atoms with E-state index in [0.717, 1.165) is 24.3 Å². The molecule has 1 aromatic carbocycles. The SMILES string of the molecule is C=CCOc1ccccc1Cc1c[nH]nc1CC. The lowest BCUT2D eigenvalue weighted by Gasteiger charge is -2.09. The molecule has 0 atom stereocenters. The van der Waals surface area contributed by atoms with E-state index in [2.05, 4.69) is 29.8 Å². The van der Waals surface area contributed by atoms with Gasteiger partial charge in [0.2, 0.25) is 0 Å². The Labute approximate surface area is 107 Å². The van der Waals surface area contributed by atoms with Crippen molar-refractivity contribution in [3.05, 3.63) is 59.9 Å². The van der Waals surface area contributed by atoms with Crippen LogP contribution in [0.3, 0.4) is 0 Å². The van der Waals surface area contributed by atoms with Crippen molar-refractivity contribution in [2.75, 3.05) is 6.61 Å². The molecule has 0 saturated carbocycles. The third-order valence-corrected chi connectivity index (χ3v) is 2.85. The molecule has 1 N–H and O–H groups in total. The molecule has 0 saturated heterocycles. The fourth-order valence-electron chi connectivity index (χ4n) is 1.95. The van der Waals surface area contributed by atoms with Crippen molar-refractivity contribution in [3.8, 4) is 5.75 Å². The van der Waals surface area contributed by atoms with Gasteiger partial charge < -0.3 is 4.74 Å². The number of aromatic nitrogens is 2. The summed E-state index contributed by atoms with van der Waals surface area (Å²) in [5.41, 5.74) is 3.52. The highest BCUT2D eigenvalue weighted by Crippen LogP contribution is 2.22. The van der Waals surface area contributed by atoms with Crippen LogP contribution in [0.5, 0.6) is 5.75 Å². The molecule has 1 heterocycles. The zero-order chi connectivity index (χ0) is 12.8. The van der Waals surface area contributed by atoms with Crippen molar-refractivity contribution in [3.63, 3.8) is 0 Å². The Morgan fingerprint density at radius 1 is 1.33 bits per heavy atom. The molecule has 0 spiro atoms. The minimum atomic E-state index is 0.531. The molecule has 0 aliphatic carbocycles. The Bertz CT molecular complexity index is 517. The fraction of sp³-hybridized carbons (Fsp3) is 0.267. The molecule has 2 aromatic rings. The highest BCUT2D eigenvalue weighted by atomic mass is 16.5. The summed E-state index contributed by atoms with van der Waals surface area (Å²) in [6.07, 6.45) is 5.50. The van der Waals surface area contributed by atoms with Crippen molar-refractivity contribution >= 4 is 0 Å². The lowest BCUT2D eigenvalue weighted by atomic mass is 10.0. The number of hydrogen-bond donors (Lipinski definition) is 1. The molecule has 0 aliphatic heterocycles. The Hall–Kier alpha value is -2.03. The lowest BCUT2D eigenvalue weighted by molar-refractivity contribution is 0.360. The van der Waals surface area contributed by atoms with Gasteiger partial charge in [-0.2, -0.15) is 5.10 Å². The molecule has 0 bridgehead atoms. The molecule has 1 aromatic heterocycles. The van der Waals surface area contributed by atoms with Crippen LogP contribution < -0.4 is 4.74 Å². The van der Waals surface area contributed by atoms with E-state index in [1.165, 1.54) is 11.1 Å². The highest BCUT2D eigenvalue weighted by molar-refractivity contribution is 5.38. The van der Waals surface area contributed by atoms with E-state index in [4.69, 9.17) is 4.74 Å². The zero-order valence-corrected chi connectivity index (χ0v) is 10.6. The van der Waals surface area contributed by atoms with Crippen LogP contribution in [0.25, 0.3) is 0 Å². The summed E-state index contributed by atoms with van der Waals surface area (Å²) < 4.78 is 5.66. The fourth-order valence-corrected chi connectivity index (χ4v) is 1.95. The van der Waals surface area contributed by atoms with Gasteiger partial charge in [0, 0.05) is 12.6 Å². The van der Waals surface area contributed by atoms with Crippen LogP contribution in [0.4, 0.5) is 0 Å². The van der Waals surface area contributed by atoms with Crippen molar-refractivity contribution < 1.29 is 4.74 Å². The second kappa shape index (κ2) is 6.05. The molecule has 3 heteroatoms. The van der Waals surface area contributed by atoms with Gasteiger partial charge >= 0.3 is 0 Å². The molecular formula is C15H18N2O. The summed E-state index contributed by atoms with van der Waals surface area (Å²) >= 11 is 0. The summed E-state index contributed by atoms with van der Waals surface area (Å²) in [5, 5.41) is 7.17. The van der Waals surface area contributed by atoms with Crippen LogP contribution in [0.2, 0.25) is 0 Å². The molecule has 18 heavy (non-hydrogen) atoms. The van der Waals surface area contributed by atoms with Gasteiger partial charge in [-0.15, -0.1) is 0 Å². The third kappa shape index (κ3) is 2.80. The number of nitrogens with one attached hydrogen (secondary N) is 1. The topological polar surface area (TPSA) is 37.9 Å². The van der Waals surface area contributed by atoms with Crippen LogP contribution in [-0.2, 0) is 12.8 Å². The first kappa shape index (κ1) is 12.4. The predicted molar refractivity (Wildman–Crippen MR) is 72.9 cm³/mol. The van der Waals surface area contributed by atoms with Gasteiger partial charge in [0.1, 0.15) is 12.4 Å². The molecular weight excluding hydrogens is 224 g/mol. The van der Waals surface area contributed by atoms with Crippen molar-refractivity contribution in [2.45, 2.75) is 19.8 Å². The van der Waals surface area contributed by atoms with Crippen LogP contribution in [0, 0.1) is 0 Å². The first-order valence-electron chi connectivity index (χ1n) is 6.18. The quantitative estimate of drug-likeness (QED) is 0.790. The highest BCUT2D eigenvalue weighted by Gasteiger charge is 2.08. The standard InChI is InChI=1S/C15H18N2O/c1-3-9-18-15-8-6-5-7-12(15)10-13-11-16-17-14(13)4-2/h3,5-8,11H,1,4,9-10H2,2H3,(H,16,17). The molecule has 0 aliphatic rings. The van der Waals surface area contributed by atoms with Gasteiger partial charge in [-0.1, -0.05) is 37.8 Å². The zero-order valence-electron chi connectivity index (χ0n) is 10.6. The van der Waals surface area contributed by atoms with Crippen LogP contribution in [-0.4, -0.2) is 16.8 Å². The Morgan fingerprint density at radius 2 is 2.17 bits per heavy atom. The Kier molecular flexibility index (Phi) is 4.18. The normalized spacial score (nSPS) is 10.3. The van der Waals surface area contributed by atoms with E-state index in [-0.39, 0.29) is 0 Å². The van der Waals surface area contributed by atoms with E-state index >= 15 is 0 Å². The first-order valence-corrected chi connectivity index (χ1v) is 6.18. The van der Waals surface area contributed by atoms with Crippen molar-refractivity contribution in [1.29, 1.82) is 0 Å². The lowest BCUT2D eigenvalue weighted by Crippen LogP contribution is -1.99. The number of aromatic amines is 1. The Balaban J connectivity index is 2.20. The first-order chi connectivity index (χ1) is 8.85. The molecule has 0 radical (unpaired) electrons. The second-order valence-electron chi connectivity index (χ2n) is 4.09. The number of benzene rings is 1. The van der Waals surface area contributed by atoms with Gasteiger partial charge in [0.25, 0.3) is 0 Å². The average molecular weight is 242 g/mol. The van der Waals surface area contributed by atoms with Crippen LogP contribution in [0.15, 0.2) is 43.1 Å². The average Bonchev–Trinajstić information content (AvgIpc) is 2.85. The van der Waals surface area contributed by atoms with Crippen LogP contribution >= 0.6 is 0 Å². The maximum Gasteiger partial charge on any atom is 0.123 e. The van der Waals surface area contributed by atoms with Gasteiger partial charge in [0.05, 0.1) is 5.69 Å². The number of rotatable bonds is 6. The van der Waals surface area contributed by atoms with E-state index in [0.29, 0.717) is 6.61 Å². The third-order valence-electron chi connectivity index (χ3n) is 2.85. The molecule has 0 fully saturated rings. The molecule has 0 amide bonds. The summed E-state index contributed by atoms with van der Waals surface area (Å²) in [6, 6.07) is 8.09. The van der Waals surface area contributed by atoms with E-state index in [1.807, 2.05) is 24.4 Å². The summed E-state index contributed by atoms with van der Waals surface area (Å²) in [6.45, 7) is 6.31. The van der Waals surface area contributed by atoms with E-state index < -0.39 is 0 Å². The molecule has 94 valence electrons. The minimum absolute atomic E-state index is 0.531. The van der Waals surface area contributed by atoms with Gasteiger partial charge in [-0.05, 0) is 23.6 Å². The maximum absolute atomic E-state index is 5.66. The van der Waals surface area contributed by atoms with E-state index in [1.54, 1.807) is 6.08 Å². The number of nitrogens with zero attached hydrogens (tertiary/aromatic N) is 1. The van der Waals surface area contributed by atoms with Gasteiger partial charge in [0.15, 0.2) is 0 Å². The molecule has 3 nitrogen and oxygen atoms in total. The summed E-state index contributed by atoms with van der Waals surface area (Å²) in [5.74, 6) is 0.917. The minimum Gasteiger partial charge on any atom is -0.489 e. The number of H-pyrrole nitrogens is 1. The number of para-hydroxylation sites is 1. The smallest absolute Gasteiger partial charge is 0.123 e. The van der Waals surface area contributed by atoms with Gasteiger partial charge in [-0.3, -0.25) is 5.10 Å². The molecule has 2 rings (SSSR count). The maximum atomic E-state index is 5.66. The van der Waals surface area contributed by atoms with Gasteiger partial charge in [-0.25, -0.2) is 0 Å². The second-order valence-corrected chi connectivity index (χ2v) is 4.09.